The molecular formula is C16H23N3OS. The molecule has 1 amide bonds. The van der Waals surface area contributed by atoms with Crippen LogP contribution in [-0.2, 0) is 11.3 Å². The molecule has 114 valence electrons. The second-order valence-corrected chi connectivity index (χ2v) is 6.12. The van der Waals surface area contributed by atoms with E-state index in [1.807, 2.05) is 17.7 Å². The van der Waals surface area contributed by atoms with Gasteiger partial charge in [-0.1, -0.05) is 19.9 Å². The quantitative estimate of drug-likeness (QED) is 0.851. The number of thiophene rings is 1. The van der Waals surface area contributed by atoms with Crippen molar-refractivity contribution in [3.05, 3.63) is 29.3 Å². The molecule has 0 bridgehead atoms. The van der Waals surface area contributed by atoms with Gasteiger partial charge in [-0.2, -0.15) is 5.10 Å². The standard InChI is InChI=1S/C16H23N3OS/c1-4-13(5-2)16(20)17-8-9-19-12(3)11-14(18-19)15-7-6-10-21-15/h6-7,10-11,13H,4-5,8-9H2,1-3H3,(H,17,20). The normalized spacial score (nSPS) is 11.0. The van der Waals surface area contributed by atoms with Gasteiger partial charge in [0.2, 0.25) is 5.91 Å². The third kappa shape index (κ3) is 3.94. The molecule has 2 aromatic rings. The van der Waals surface area contributed by atoms with Crippen LogP contribution in [0.15, 0.2) is 23.6 Å². The SMILES string of the molecule is CCC(CC)C(=O)NCCn1nc(-c2cccs2)cc1C. The van der Waals surface area contributed by atoms with Crippen LogP contribution in [0.5, 0.6) is 0 Å². The highest BCUT2D eigenvalue weighted by Crippen LogP contribution is 2.23. The lowest BCUT2D eigenvalue weighted by molar-refractivity contribution is -0.125. The van der Waals surface area contributed by atoms with Gasteiger partial charge in [0, 0.05) is 18.2 Å². The Balaban J connectivity index is 1.91. The van der Waals surface area contributed by atoms with Crippen LogP contribution in [0.4, 0.5) is 0 Å². The molecule has 5 heteroatoms. The van der Waals surface area contributed by atoms with E-state index in [2.05, 4.69) is 41.8 Å². The van der Waals surface area contributed by atoms with Crippen LogP contribution in [0.2, 0.25) is 0 Å². The minimum atomic E-state index is 0.130. The van der Waals surface area contributed by atoms with E-state index in [4.69, 9.17) is 0 Å². The van der Waals surface area contributed by atoms with Crippen molar-refractivity contribution in [3.63, 3.8) is 0 Å². The highest BCUT2D eigenvalue weighted by Gasteiger charge is 2.13. The molecule has 0 aliphatic carbocycles. The maximum atomic E-state index is 11.9. The summed E-state index contributed by atoms with van der Waals surface area (Å²) < 4.78 is 1.96. The van der Waals surface area contributed by atoms with Gasteiger partial charge in [-0.25, -0.2) is 0 Å². The fourth-order valence-electron chi connectivity index (χ4n) is 2.37. The predicted octanol–water partition coefficient (Wildman–Crippen LogP) is 3.47. The van der Waals surface area contributed by atoms with Gasteiger partial charge >= 0.3 is 0 Å². The lowest BCUT2D eigenvalue weighted by Gasteiger charge is -2.13. The zero-order chi connectivity index (χ0) is 15.2. The molecule has 0 aliphatic rings. The summed E-state index contributed by atoms with van der Waals surface area (Å²) in [7, 11) is 0. The molecule has 4 nitrogen and oxygen atoms in total. The molecule has 0 saturated carbocycles. The Hall–Kier alpha value is -1.62. The van der Waals surface area contributed by atoms with E-state index >= 15 is 0 Å². The lowest BCUT2D eigenvalue weighted by Crippen LogP contribution is -2.32. The van der Waals surface area contributed by atoms with E-state index in [1.165, 1.54) is 4.88 Å². The van der Waals surface area contributed by atoms with Gasteiger partial charge in [0.05, 0.1) is 11.4 Å². The summed E-state index contributed by atoms with van der Waals surface area (Å²) in [4.78, 5) is 13.1. The van der Waals surface area contributed by atoms with Crippen molar-refractivity contribution in [2.75, 3.05) is 6.54 Å². The molecule has 2 heterocycles. The Kier molecular flexibility index (Phi) is 5.56. The van der Waals surface area contributed by atoms with Crippen LogP contribution in [-0.4, -0.2) is 22.2 Å². The number of carbonyl (C=O) groups excluding carboxylic acids is 1. The Bertz CT molecular complexity index is 570. The maximum absolute atomic E-state index is 11.9. The molecule has 2 aromatic heterocycles. The summed E-state index contributed by atoms with van der Waals surface area (Å²) in [5, 5.41) is 9.67. The van der Waals surface area contributed by atoms with Crippen LogP contribution < -0.4 is 5.32 Å². The van der Waals surface area contributed by atoms with E-state index in [0.717, 1.165) is 24.2 Å². The van der Waals surface area contributed by atoms with Crippen molar-refractivity contribution < 1.29 is 4.79 Å². The Morgan fingerprint density at radius 2 is 2.19 bits per heavy atom. The van der Waals surface area contributed by atoms with Gasteiger partial charge < -0.3 is 5.32 Å². The molecule has 0 fully saturated rings. The van der Waals surface area contributed by atoms with Crippen LogP contribution in [0, 0.1) is 12.8 Å². The fraction of sp³-hybridized carbons (Fsp3) is 0.500. The smallest absolute Gasteiger partial charge is 0.223 e. The first-order valence-corrected chi connectivity index (χ1v) is 8.39. The lowest BCUT2D eigenvalue weighted by atomic mass is 10.0. The van der Waals surface area contributed by atoms with Crippen LogP contribution in [0.25, 0.3) is 10.6 Å². The number of aryl methyl sites for hydroxylation is 1. The van der Waals surface area contributed by atoms with Gasteiger partial charge in [-0.3, -0.25) is 9.48 Å². The van der Waals surface area contributed by atoms with Gasteiger partial charge in [0.25, 0.3) is 0 Å². The van der Waals surface area contributed by atoms with Gasteiger partial charge in [-0.15, -0.1) is 11.3 Å². The second kappa shape index (κ2) is 7.41. The summed E-state index contributed by atoms with van der Waals surface area (Å²) in [5.41, 5.74) is 2.13. The van der Waals surface area contributed by atoms with E-state index < -0.39 is 0 Å². The maximum Gasteiger partial charge on any atom is 0.223 e. The van der Waals surface area contributed by atoms with Crippen molar-refractivity contribution in [2.24, 2.45) is 5.92 Å². The average Bonchev–Trinajstić information content (AvgIpc) is 3.10. The van der Waals surface area contributed by atoms with Crippen molar-refractivity contribution in [1.29, 1.82) is 0 Å². The third-order valence-electron chi connectivity index (χ3n) is 3.73. The molecule has 0 saturated heterocycles. The Morgan fingerprint density at radius 3 is 2.81 bits per heavy atom. The van der Waals surface area contributed by atoms with Crippen LogP contribution >= 0.6 is 11.3 Å². The predicted molar refractivity (Wildman–Crippen MR) is 87.4 cm³/mol. The number of aromatic nitrogens is 2. The molecule has 0 aliphatic heterocycles. The van der Waals surface area contributed by atoms with Crippen molar-refractivity contribution >= 4 is 17.2 Å². The largest absolute Gasteiger partial charge is 0.354 e. The van der Waals surface area contributed by atoms with Crippen LogP contribution in [0.3, 0.4) is 0 Å². The number of carbonyl (C=O) groups is 1. The highest BCUT2D eigenvalue weighted by atomic mass is 32.1. The first-order chi connectivity index (χ1) is 10.2. The van der Waals surface area contributed by atoms with Crippen molar-refractivity contribution in [2.45, 2.75) is 40.2 Å². The number of rotatable bonds is 7. The molecule has 1 N–H and O–H groups in total. The zero-order valence-electron chi connectivity index (χ0n) is 12.9. The summed E-state index contributed by atoms with van der Waals surface area (Å²) in [6.45, 7) is 7.50. The topological polar surface area (TPSA) is 46.9 Å². The van der Waals surface area contributed by atoms with Gasteiger partial charge in [0.15, 0.2) is 0 Å². The molecular weight excluding hydrogens is 282 g/mol. The van der Waals surface area contributed by atoms with E-state index in [9.17, 15) is 4.79 Å². The number of amides is 1. The Labute approximate surface area is 130 Å². The minimum Gasteiger partial charge on any atom is -0.354 e. The summed E-state index contributed by atoms with van der Waals surface area (Å²) in [6.07, 6.45) is 1.79. The summed E-state index contributed by atoms with van der Waals surface area (Å²) in [5.74, 6) is 0.286. The Morgan fingerprint density at radius 1 is 1.43 bits per heavy atom. The molecule has 2 rings (SSSR count). The third-order valence-corrected chi connectivity index (χ3v) is 4.63. The molecule has 0 atom stereocenters. The monoisotopic (exact) mass is 305 g/mol. The molecule has 0 spiro atoms. The van der Waals surface area contributed by atoms with E-state index in [-0.39, 0.29) is 11.8 Å². The molecule has 0 unspecified atom stereocenters. The van der Waals surface area contributed by atoms with Crippen LogP contribution in [0.1, 0.15) is 32.4 Å². The molecule has 0 aromatic carbocycles. The highest BCUT2D eigenvalue weighted by molar-refractivity contribution is 7.13. The van der Waals surface area contributed by atoms with Crippen molar-refractivity contribution in [3.8, 4) is 10.6 Å². The molecule has 21 heavy (non-hydrogen) atoms. The summed E-state index contributed by atoms with van der Waals surface area (Å²) >= 11 is 1.69. The van der Waals surface area contributed by atoms with Gasteiger partial charge in [-0.05, 0) is 37.3 Å². The first kappa shape index (κ1) is 15.8. The first-order valence-electron chi connectivity index (χ1n) is 7.51. The zero-order valence-corrected chi connectivity index (χ0v) is 13.7. The average molecular weight is 305 g/mol. The fourth-order valence-corrected chi connectivity index (χ4v) is 3.05. The van der Waals surface area contributed by atoms with E-state index in [0.29, 0.717) is 13.1 Å². The van der Waals surface area contributed by atoms with E-state index in [1.54, 1.807) is 11.3 Å². The number of hydrogen-bond donors (Lipinski definition) is 1. The second-order valence-electron chi connectivity index (χ2n) is 5.18. The summed E-state index contributed by atoms with van der Waals surface area (Å²) in [6, 6.07) is 6.20. The number of nitrogens with zero attached hydrogens (tertiary/aromatic N) is 2. The van der Waals surface area contributed by atoms with Crippen molar-refractivity contribution in [1.82, 2.24) is 15.1 Å². The molecule has 0 radical (unpaired) electrons. The van der Waals surface area contributed by atoms with Gasteiger partial charge in [0.1, 0.15) is 5.69 Å². The number of nitrogens with one attached hydrogen (secondary N) is 1. The minimum absolute atomic E-state index is 0.130. The number of hydrogen-bond acceptors (Lipinski definition) is 3.